The number of carbonyl (C=O) groups excluding carboxylic acids is 1. The minimum atomic E-state index is 0.0268. The van der Waals surface area contributed by atoms with Crippen LogP contribution in [-0.2, 0) is 4.79 Å². The van der Waals surface area contributed by atoms with Crippen LogP contribution in [0.25, 0.3) is 0 Å². The Bertz CT molecular complexity index is 350. The first kappa shape index (κ1) is 14.3. The van der Waals surface area contributed by atoms with E-state index in [9.17, 15) is 4.79 Å². The van der Waals surface area contributed by atoms with Gasteiger partial charge in [0.25, 0.3) is 0 Å². The summed E-state index contributed by atoms with van der Waals surface area (Å²) in [6.45, 7) is 17.4. The zero-order valence-corrected chi connectivity index (χ0v) is 12.6. The van der Waals surface area contributed by atoms with Crippen LogP contribution in [0.2, 0.25) is 0 Å². The molecule has 98 valence electrons. The van der Waals surface area contributed by atoms with Crippen molar-refractivity contribution >= 4 is 5.91 Å². The highest BCUT2D eigenvalue weighted by Gasteiger charge is 2.41. The largest absolute Gasteiger partial charge is 0.313 e. The van der Waals surface area contributed by atoms with Gasteiger partial charge in [-0.2, -0.15) is 0 Å². The minimum Gasteiger partial charge on any atom is -0.313 e. The standard InChI is InChI=1S/C15H27NO/c1-10(2)16-12(17)9-11(14(3,4)5)13(16)15(6,7)8/h10H,9H2,1-8H3. The molecule has 0 aromatic heterocycles. The Kier molecular flexibility index (Phi) is 3.48. The average Bonchev–Trinajstić information content (AvgIpc) is 2.40. The van der Waals surface area contributed by atoms with Gasteiger partial charge in [-0.25, -0.2) is 0 Å². The lowest BCUT2D eigenvalue weighted by molar-refractivity contribution is -0.129. The van der Waals surface area contributed by atoms with Crippen molar-refractivity contribution in [2.75, 3.05) is 0 Å². The Morgan fingerprint density at radius 1 is 1.00 bits per heavy atom. The third kappa shape index (κ3) is 2.72. The Labute approximate surface area is 106 Å². The van der Waals surface area contributed by atoms with Gasteiger partial charge >= 0.3 is 0 Å². The molecule has 0 radical (unpaired) electrons. The molecule has 1 rings (SSSR count). The van der Waals surface area contributed by atoms with Crippen LogP contribution in [0.1, 0.15) is 61.8 Å². The van der Waals surface area contributed by atoms with E-state index < -0.39 is 0 Å². The summed E-state index contributed by atoms with van der Waals surface area (Å²) in [5, 5.41) is 0. The predicted molar refractivity (Wildman–Crippen MR) is 72.5 cm³/mol. The molecule has 1 amide bonds. The molecule has 1 aliphatic heterocycles. The second kappa shape index (κ2) is 4.15. The van der Waals surface area contributed by atoms with Crippen molar-refractivity contribution in [3.05, 3.63) is 11.3 Å². The van der Waals surface area contributed by atoms with Gasteiger partial charge in [-0.1, -0.05) is 41.5 Å². The maximum atomic E-state index is 12.2. The summed E-state index contributed by atoms with van der Waals surface area (Å²) in [7, 11) is 0. The highest BCUT2D eigenvalue weighted by atomic mass is 16.2. The van der Waals surface area contributed by atoms with Crippen molar-refractivity contribution in [2.45, 2.75) is 67.9 Å². The van der Waals surface area contributed by atoms with Crippen LogP contribution in [0.3, 0.4) is 0 Å². The van der Waals surface area contributed by atoms with Crippen LogP contribution in [0, 0.1) is 10.8 Å². The monoisotopic (exact) mass is 237 g/mol. The highest BCUT2D eigenvalue weighted by Crippen LogP contribution is 2.45. The molecule has 0 fully saturated rings. The van der Waals surface area contributed by atoms with Gasteiger partial charge in [-0.05, 0) is 24.8 Å². The zero-order chi connectivity index (χ0) is 13.6. The number of rotatable bonds is 1. The van der Waals surface area contributed by atoms with Gasteiger partial charge in [0, 0.05) is 17.2 Å². The molecule has 0 saturated carbocycles. The molecule has 0 N–H and O–H groups in total. The Hall–Kier alpha value is -0.790. The van der Waals surface area contributed by atoms with Crippen LogP contribution in [0.5, 0.6) is 0 Å². The molecule has 0 aliphatic carbocycles. The lowest BCUT2D eigenvalue weighted by Gasteiger charge is -2.35. The molecule has 0 aromatic carbocycles. The number of allylic oxidation sites excluding steroid dienone is 1. The molecule has 0 unspecified atom stereocenters. The van der Waals surface area contributed by atoms with Crippen LogP contribution in [0.4, 0.5) is 0 Å². The van der Waals surface area contributed by atoms with Gasteiger partial charge in [-0.15, -0.1) is 0 Å². The van der Waals surface area contributed by atoms with E-state index in [-0.39, 0.29) is 22.8 Å². The third-order valence-electron chi connectivity index (χ3n) is 3.26. The molecule has 1 heterocycles. The highest BCUT2D eigenvalue weighted by molar-refractivity contribution is 5.85. The maximum absolute atomic E-state index is 12.2. The molecule has 2 heteroatoms. The van der Waals surface area contributed by atoms with E-state index in [4.69, 9.17) is 0 Å². The van der Waals surface area contributed by atoms with Crippen LogP contribution >= 0.6 is 0 Å². The second-order valence-electron chi connectivity index (χ2n) is 7.36. The van der Waals surface area contributed by atoms with Crippen molar-refractivity contribution in [3.8, 4) is 0 Å². The van der Waals surface area contributed by atoms with Gasteiger partial charge in [0.05, 0.1) is 6.42 Å². The van der Waals surface area contributed by atoms with Gasteiger partial charge in [0.15, 0.2) is 0 Å². The zero-order valence-electron chi connectivity index (χ0n) is 12.6. The normalized spacial score (nSPS) is 18.6. The van der Waals surface area contributed by atoms with Gasteiger partial charge in [-0.3, -0.25) is 4.79 Å². The SMILES string of the molecule is CC(C)N1C(=O)CC(C(C)(C)C)=C1C(C)(C)C. The van der Waals surface area contributed by atoms with Gasteiger partial charge in [0.1, 0.15) is 0 Å². The fourth-order valence-electron chi connectivity index (χ4n) is 2.57. The topological polar surface area (TPSA) is 20.3 Å². The third-order valence-corrected chi connectivity index (χ3v) is 3.26. The van der Waals surface area contributed by atoms with E-state index in [1.54, 1.807) is 0 Å². The molecule has 0 spiro atoms. The minimum absolute atomic E-state index is 0.0268. The molecular weight excluding hydrogens is 210 g/mol. The van der Waals surface area contributed by atoms with Crippen molar-refractivity contribution in [2.24, 2.45) is 10.8 Å². The lowest BCUT2D eigenvalue weighted by atomic mass is 9.78. The van der Waals surface area contributed by atoms with E-state index in [0.29, 0.717) is 6.42 Å². The van der Waals surface area contributed by atoms with E-state index >= 15 is 0 Å². The first-order valence-electron chi connectivity index (χ1n) is 6.52. The van der Waals surface area contributed by atoms with Crippen molar-refractivity contribution < 1.29 is 4.79 Å². The molecular formula is C15H27NO. The van der Waals surface area contributed by atoms with Crippen molar-refractivity contribution in [3.63, 3.8) is 0 Å². The summed E-state index contributed by atoms with van der Waals surface area (Å²) >= 11 is 0. The fourth-order valence-corrected chi connectivity index (χ4v) is 2.57. The van der Waals surface area contributed by atoms with Gasteiger partial charge in [0.2, 0.25) is 5.91 Å². The second-order valence-corrected chi connectivity index (χ2v) is 7.36. The smallest absolute Gasteiger partial charge is 0.231 e. The first-order chi connectivity index (χ1) is 7.46. The van der Waals surface area contributed by atoms with Crippen LogP contribution in [-0.4, -0.2) is 16.8 Å². The van der Waals surface area contributed by atoms with Crippen LogP contribution < -0.4 is 0 Å². The lowest BCUT2D eigenvalue weighted by Crippen LogP contribution is -2.36. The number of hydrogen-bond acceptors (Lipinski definition) is 1. The van der Waals surface area contributed by atoms with E-state index in [1.807, 2.05) is 4.90 Å². The van der Waals surface area contributed by atoms with E-state index in [0.717, 1.165) is 0 Å². The number of nitrogens with zero attached hydrogens (tertiary/aromatic N) is 1. The van der Waals surface area contributed by atoms with E-state index in [1.165, 1.54) is 11.3 Å². The molecule has 0 atom stereocenters. The van der Waals surface area contributed by atoms with Gasteiger partial charge < -0.3 is 4.90 Å². The Morgan fingerprint density at radius 2 is 1.47 bits per heavy atom. The molecule has 1 aliphatic rings. The molecule has 0 saturated heterocycles. The van der Waals surface area contributed by atoms with Crippen molar-refractivity contribution in [1.29, 1.82) is 0 Å². The summed E-state index contributed by atoms with van der Waals surface area (Å²) in [4.78, 5) is 14.2. The number of amides is 1. The van der Waals surface area contributed by atoms with Crippen LogP contribution in [0.15, 0.2) is 11.3 Å². The number of carbonyl (C=O) groups is 1. The predicted octanol–water partition coefficient (Wildman–Crippen LogP) is 3.97. The fraction of sp³-hybridized carbons (Fsp3) is 0.800. The Balaban J connectivity index is 3.38. The Morgan fingerprint density at radius 3 is 1.76 bits per heavy atom. The molecule has 0 bridgehead atoms. The molecule has 17 heavy (non-hydrogen) atoms. The maximum Gasteiger partial charge on any atom is 0.231 e. The summed E-state index contributed by atoms with van der Waals surface area (Å²) in [6, 6.07) is 0.247. The summed E-state index contributed by atoms with van der Waals surface area (Å²) in [6.07, 6.45) is 0.592. The summed E-state index contributed by atoms with van der Waals surface area (Å²) in [5.74, 6) is 0.259. The molecule has 0 aromatic rings. The van der Waals surface area contributed by atoms with E-state index in [2.05, 4.69) is 55.4 Å². The summed E-state index contributed by atoms with van der Waals surface area (Å²) in [5.41, 5.74) is 2.65. The first-order valence-corrected chi connectivity index (χ1v) is 6.52. The van der Waals surface area contributed by atoms with Crippen molar-refractivity contribution in [1.82, 2.24) is 4.90 Å². The number of hydrogen-bond donors (Lipinski definition) is 0. The quantitative estimate of drug-likeness (QED) is 0.675. The molecule has 2 nitrogen and oxygen atoms in total. The average molecular weight is 237 g/mol. The summed E-state index contributed by atoms with van der Waals surface area (Å²) < 4.78 is 0.